The van der Waals surface area contributed by atoms with Crippen LogP contribution in [0.1, 0.15) is 32.6 Å². The van der Waals surface area contributed by atoms with Crippen molar-refractivity contribution in [1.29, 1.82) is 0 Å². The molecule has 0 saturated carbocycles. The van der Waals surface area contributed by atoms with Crippen LogP contribution in [0.4, 0.5) is 0 Å². The molecule has 82 valence electrons. The highest BCUT2D eigenvalue weighted by atomic mass is 35.5. The Bertz CT molecular complexity index is 351. The number of rotatable bonds is 3. The highest BCUT2D eigenvalue weighted by Crippen LogP contribution is 2.26. The van der Waals surface area contributed by atoms with E-state index in [1.165, 1.54) is 18.2 Å². The van der Waals surface area contributed by atoms with E-state index < -0.39 is 16.4 Å². The van der Waals surface area contributed by atoms with E-state index in [1.807, 2.05) is 0 Å². The number of carbonyl (C=O) groups is 1. The minimum absolute atomic E-state index is 0.114. The summed E-state index contributed by atoms with van der Waals surface area (Å²) in [6.45, 7) is 0. The fraction of sp³-hybridized carbons (Fsp3) is 0.222. The Labute approximate surface area is 101 Å². The van der Waals surface area contributed by atoms with Gasteiger partial charge in [-0.05, 0) is 40.9 Å². The minimum atomic E-state index is -1.28. The quantitative estimate of drug-likeness (QED) is 0.655. The van der Waals surface area contributed by atoms with Crippen molar-refractivity contribution >= 4 is 40.0 Å². The Morgan fingerprint density at radius 2 is 1.47 bits per heavy atom. The van der Waals surface area contributed by atoms with Crippen molar-refractivity contribution < 1.29 is 15.0 Å². The molecule has 0 aliphatic rings. The zero-order chi connectivity index (χ0) is 11.6. The van der Waals surface area contributed by atoms with Crippen LogP contribution >= 0.6 is 34.8 Å². The molecule has 6 heteroatoms. The normalized spacial score (nSPS) is 14.7. The van der Waals surface area contributed by atoms with Crippen molar-refractivity contribution in [2.45, 2.75) is 11.1 Å². The van der Waals surface area contributed by atoms with E-state index in [-0.39, 0.29) is 16.7 Å². The molecule has 0 bridgehead atoms. The van der Waals surface area contributed by atoms with Gasteiger partial charge in [0, 0.05) is 5.56 Å². The number of carbonyl (C=O) groups excluding carboxylic acids is 1. The molecule has 15 heavy (non-hydrogen) atoms. The van der Waals surface area contributed by atoms with Crippen LogP contribution in [0.5, 0.6) is 0 Å². The average Bonchev–Trinajstić information content (AvgIpc) is 2.16. The number of hydrogen-bond donors (Lipinski definition) is 2. The molecule has 2 atom stereocenters. The van der Waals surface area contributed by atoms with E-state index in [9.17, 15) is 4.79 Å². The van der Waals surface area contributed by atoms with Gasteiger partial charge >= 0.3 is 0 Å². The average molecular weight is 270 g/mol. The van der Waals surface area contributed by atoms with Crippen molar-refractivity contribution in [1.82, 2.24) is 0 Å². The topological polar surface area (TPSA) is 57.5 Å². The van der Waals surface area contributed by atoms with Crippen molar-refractivity contribution in [3.05, 3.63) is 34.9 Å². The molecule has 0 amide bonds. The number of aliphatic hydroxyl groups is 2. The van der Waals surface area contributed by atoms with Gasteiger partial charge in [0.1, 0.15) is 0 Å². The first kappa shape index (κ1) is 12.7. The van der Waals surface area contributed by atoms with Gasteiger partial charge in [0.2, 0.25) is 0 Å². The summed E-state index contributed by atoms with van der Waals surface area (Å²) in [4.78, 5) is 10.9. The smallest absolute Gasteiger partial charge is 0.252 e. The van der Waals surface area contributed by atoms with Gasteiger partial charge in [0.05, 0.1) is 0 Å². The largest absolute Gasteiger partial charge is 0.373 e. The standard InChI is InChI=1S/C9H7Cl3O3/c10-7(13)4-1-5(8(11)14)3-6(2-4)9(12)15/h1-3,7-8,13-14H. The van der Waals surface area contributed by atoms with Gasteiger partial charge in [-0.15, -0.1) is 0 Å². The first-order valence-electron chi connectivity index (χ1n) is 3.91. The molecular formula is C9H7Cl3O3. The Morgan fingerprint density at radius 3 is 1.73 bits per heavy atom. The zero-order valence-electron chi connectivity index (χ0n) is 7.32. The lowest BCUT2D eigenvalue weighted by molar-refractivity contribution is 0.108. The fourth-order valence-electron chi connectivity index (χ4n) is 1.07. The molecule has 0 aliphatic carbocycles. The molecule has 0 saturated heterocycles. The third-order valence-electron chi connectivity index (χ3n) is 1.75. The van der Waals surface area contributed by atoms with E-state index in [1.54, 1.807) is 0 Å². The van der Waals surface area contributed by atoms with Gasteiger partial charge in [-0.25, -0.2) is 0 Å². The summed E-state index contributed by atoms with van der Waals surface area (Å²) < 4.78 is 0. The second kappa shape index (κ2) is 5.14. The Balaban J connectivity index is 3.26. The van der Waals surface area contributed by atoms with Crippen LogP contribution in [0, 0.1) is 0 Å². The zero-order valence-corrected chi connectivity index (χ0v) is 9.59. The van der Waals surface area contributed by atoms with E-state index in [4.69, 9.17) is 45.0 Å². The van der Waals surface area contributed by atoms with Crippen molar-refractivity contribution in [2.75, 3.05) is 0 Å². The third-order valence-corrected chi connectivity index (χ3v) is 2.48. The molecule has 2 N–H and O–H groups in total. The minimum Gasteiger partial charge on any atom is -0.373 e. The Kier molecular flexibility index (Phi) is 4.37. The van der Waals surface area contributed by atoms with Crippen LogP contribution in [0.25, 0.3) is 0 Å². The lowest BCUT2D eigenvalue weighted by Gasteiger charge is -2.09. The molecule has 0 fully saturated rings. The molecule has 0 heterocycles. The predicted molar refractivity (Wildman–Crippen MR) is 58.3 cm³/mol. The van der Waals surface area contributed by atoms with Gasteiger partial charge < -0.3 is 10.2 Å². The molecule has 0 aromatic heterocycles. The summed E-state index contributed by atoms with van der Waals surface area (Å²) in [5.74, 6) is 0. The van der Waals surface area contributed by atoms with Crippen molar-refractivity contribution in [3.63, 3.8) is 0 Å². The van der Waals surface area contributed by atoms with Gasteiger partial charge in [-0.3, -0.25) is 4.79 Å². The van der Waals surface area contributed by atoms with E-state index >= 15 is 0 Å². The Morgan fingerprint density at radius 1 is 1.07 bits per heavy atom. The highest BCUT2D eigenvalue weighted by molar-refractivity contribution is 6.67. The first-order valence-corrected chi connectivity index (χ1v) is 5.16. The lowest BCUT2D eigenvalue weighted by atomic mass is 10.1. The summed E-state index contributed by atoms with van der Waals surface area (Å²) in [7, 11) is 0. The predicted octanol–water partition coefficient (Wildman–Crippen LogP) is 2.53. The molecule has 1 rings (SSSR count). The second-order valence-corrected chi connectivity index (χ2v) is 4.00. The number of benzene rings is 1. The number of hydrogen-bond acceptors (Lipinski definition) is 3. The van der Waals surface area contributed by atoms with Crippen LogP contribution in [-0.2, 0) is 0 Å². The van der Waals surface area contributed by atoms with Gasteiger partial charge in [0.25, 0.3) is 5.24 Å². The molecule has 1 aromatic carbocycles. The van der Waals surface area contributed by atoms with Crippen LogP contribution in [0.15, 0.2) is 18.2 Å². The summed E-state index contributed by atoms with van der Waals surface area (Å²) in [6, 6.07) is 4.05. The molecule has 2 unspecified atom stereocenters. The maximum absolute atomic E-state index is 10.9. The first-order chi connectivity index (χ1) is 6.91. The fourth-order valence-corrected chi connectivity index (χ4v) is 1.43. The van der Waals surface area contributed by atoms with Crippen molar-refractivity contribution in [2.24, 2.45) is 0 Å². The molecular weight excluding hydrogens is 262 g/mol. The van der Waals surface area contributed by atoms with E-state index in [2.05, 4.69) is 0 Å². The molecule has 0 radical (unpaired) electrons. The maximum Gasteiger partial charge on any atom is 0.252 e. The molecule has 1 aromatic rings. The van der Waals surface area contributed by atoms with Gasteiger partial charge in [-0.2, -0.15) is 0 Å². The molecule has 3 nitrogen and oxygen atoms in total. The number of halogens is 3. The van der Waals surface area contributed by atoms with Crippen LogP contribution in [0.3, 0.4) is 0 Å². The van der Waals surface area contributed by atoms with Crippen molar-refractivity contribution in [3.8, 4) is 0 Å². The summed E-state index contributed by atoms with van der Waals surface area (Å²) >= 11 is 16.1. The lowest BCUT2D eigenvalue weighted by Crippen LogP contribution is -1.99. The monoisotopic (exact) mass is 268 g/mol. The van der Waals surface area contributed by atoms with Crippen LogP contribution in [0.2, 0.25) is 0 Å². The molecule has 0 aliphatic heterocycles. The third kappa shape index (κ3) is 3.33. The number of alkyl halides is 2. The Hall–Kier alpha value is -0.320. The maximum atomic E-state index is 10.9. The van der Waals surface area contributed by atoms with Crippen LogP contribution < -0.4 is 0 Å². The van der Waals surface area contributed by atoms with Gasteiger partial charge in [0.15, 0.2) is 11.1 Å². The number of aliphatic hydroxyl groups excluding tert-OH is 2. The van der Waals surface area contributed by atoms with Crippen LogP contribution in [-0.4, -0.2) is 15.5 Å². The SMILES string of the molecule is O=C(Cl)c1cc(C(O)Cl)cc(C(O)Cl)c1. The summed E-state index contributed by atoms with van der Waals surface area (Å²) in [5, 5.41) is 17.5. The van der Waals surface area contributed by atoms with E-state index in [0.717, 1.165) is 0 Å². The van der Waals surface area contributed by atoms with Gasteiger partial charge in [-0.1, -0.05) is 23.2 Å². The van der Waals surface area contributed by atoms with E-state index in [0.29, 0.717) is 0 Å². The molecule has 0 spiro atoms. The highest BCUT2D eigenvalue weighted by Gasteiger charge is 2.13. The summed E-state index contributed by atoms with van der Waals surface area (Å²) in [5.41, 5.74) is -1.95. The summed E-state index contributed by atoms with van der Waals surface area (Å²) in [6.07, 6.45) is 0. The second-order valence-electron chi connectivity index (χ2n) is 2.83.